The second kappa shape index (κ2) is 2.96. The Kier molecular flexibility index (Phi) is 2.54. The van der Waals surface area contributed by atoms with Crippen molar-refractivity contribution in [2.24, 2.45) is 0 Å². The Morgan fingerprint density at radius 2 is 2.12 bits per heavy atom. The van der Waals surface area contributed by atoms with Crippen LogP contribution in [0.25, 0.3) is 0 Å². The molecule has 0 saturated heterocycles. The van der Waals surface area contributed by atoms with Gasteiger partial charge in [-0.05, 0) is 6.92 Å². The molecule has 0 unspecified atom stereocenters. The van der Waals surface area contributed by atoms with Gasteiger partial charge < -0.3 is 5.11 Å². The quantitative estimate of drug-likeness (QED) is 0.242. The summed E-state index contributed by atoms with van der Waals surface area (Å²) in [5.74, 6) is -1.18. The Bertz CT molecular complexity index is 135. The largest absolute Gasteiger partial charge is 0.478 e. The van der Waals surface area contributed by atoms with E-state index in [9.17, 15) is 9.59 Å². The number of aliphatic carboxylic acids is 1. The average molecular weight is 114 g/mol. The first-order chi connectivity index (χ1) is 3.72. The zero-order valence-electron chi connectivity index (χ0n) is 4.42. The van der Waals surface area contributed by atoms with Gasteiger partial charge in [-0.25, -0.2) is 4.79 Å². The second-order valence-corrected chi connectivity index (χ2v) is 1.17. The minimum absolute atomic E-state index is 0.204. The number of carboxylic acids is 1. The highest BCUT2D eigenvalue weighted by atomic mass is 16.4. The molecule has 0 aromatic rings. The van der Waals surface area contributed by atoms with Crippen LogP contribution in [0, 0.1) is 0 Å². The summed E-state index contributed by atoms with van der Waals surface area (Å²) in [5.41, 5.74) is -0.204. The zero-order chi connectivity index (χ0) is 6.57. The molecule has 0 spiro atoms. The van der Waals surface area contributed by atoms with Crippen LogP contribution in [0.1, 0.15) is 6.92 Å². The van der Waals surface area contributed by atoms with Crippen molar-refractivity contribution in [3.05, 3.63) is 11.6 Å². The van der Waals surface area contributed by atoms with E-state index >= 15 is 0 Å². The maximum atomic E-state index is 9.86. The lowest BCUT2D eigenvalue weighted by molar-refractivity contribution is -0.133. The van der Waals surface area contributed by atoms with Gasteiger partial charge in [0, 0.05) is 0 Å². The number of carboxylic acid groups (broad SMARTS) is 1. The molecular formula is C5H6O3. The number of aldehydes is 1. The van der Waals surface area contributed by atoms with Gasteiger partial charge in [-0.15, -0.1) is 0 Å². The van der Waals surface area contributed by atoms with Crippen LogP contribution in [0.2, 0.25) is 0 Å². The minimum atomic E-state index is -1.18. The molecule has 3 heteroatoms. The number of hydrogen-bond donors (Lipinski definition) is 1. The number of allylic oxidation sites excluding steroid dienone is 1. The summed E-state index contributed by atoms with van der Waals surface area (Å²) < 4.78 is 0. The van der Waals surface area contributed by atoms with Crippen molar-refractivity contribution in [2.45, 2.75) is 6.92 Å². The molecule has 0 aromatic heterocycles. The summed E-state index contributed by atoms with van der Waals surface area (Å²) in [4.78, 5) is 19.6. The maximum absolute atomic E-state index is 9.86. The van der Waals surface area contributed by atoms with Crippen molar-refractivity contribution in [2.75, 3.05) is 0 Å². The van der Waals surface area contributed by atoms with E-state index in [1.807, 2.05) is 0 Å². The summed E-state index contributed by atoms with van der Waals surface area (Å²) >= 11 is 0. The molecule has 1 N–H and O–H groups in total. The van der Waals surface area contributed by atoms with E-state index in [-0.39, 0.29) is 5.57 Å². The molecule has 0 radical (unpaired) electrons. The molecule has 8 heavy (non-hydrogen) atoms. The fourth-order valence-corrected chi connectivity index (χ4v) is 0.242. The van der Waals surface area contributed by atoms with Crippen LogP contribution in [-0.4, -0.2) is 17.4 Å². The summed E-state index contributed by atoms with van der Waals surface area (Å²) in [5, 5.41) is 8.07. The first kappa shape index (κ1) is 6.88. The fourth-order valence-electron chi connectivity index (χ4n) is 0.242. The van der Waals surface area contributed by atoms with Gasteiger partial charge in [-0.2, -0.15) is 0 Å². The van der Waals surface area contributed by atoms with E-state index in [2.05, 4.69) is 0 Å². The third kappa shape index (κ3) is 1.55. The highest BCUT2D eigenvalue weighted by molar-refractivity contribution is 6.06. The first-order valence-corrected chi connectivity index (χ1v) is 2.07. The number of hydrogen-bond acceptors (Lipinski definition) is 2. The molecular weight excluding hydrogens is 108 g/mol. The fraction of sp³-hybridized carbons (Fsp3) is 0.200. The minimum Gasteiger partial charge on any atom is -0.478 e. The summed E-state index contributed by atoms with van der Waals surface area (Å²) in [7, 11) is 0. The topological polar surface area (TPSA) is 54.4 Å². The predicted octanol–water partition coefficient (Wildman–Crippen LogP) is 0.216. The van der Waals surface area contributed by atoms with E-state index in [0.29, 0.717) is 6.29 Å². The van der Waals surface area contributed by atoms with Crippen LogP contribution in [-0.2, 0) is 9.59 Å². The van der Waals surface area contributed by atoms with Crippen LogP contribution in [0.4, 0.5) is 0 Å². The van der Waals surface area contributed by atoms with Gasteiger partial charge in [-0.3, -0.25) is 4.79 Å². The monoisotopic (exact) mass is 114 g/mol. The van der Waals surface area contributed by atoms with Crippen molar-refractivity contribution in [1.29, 1.82) is 0 Å². The molecule has 0 saturated carbocycles. The Balaban J connectivity index is 4.13. The van der Waals surface area contributed by atoms with Crippen molar-refractivity contribution >= 4 is 12.3 Å². The summed E-state index contributed by atoms with van der Waals surface area (Å²) in [6.07, 6.45) is 1.55. The lowest BCUT2D eigenvalue weighted by Crippen LogP contribution is -1.99. The van der Waals surface area contributed by atoms with E-state index in [4.69, 9.17) is 5.11 Å². The lowest BCUT2D eigenvalue weighted by atomic mass is 10.3. The molecule has 0 aromatic carbocycles. The van der Waals surface area contributed by atoms with E-state index in [1.54, 1.807) is 0 Å². The molecule has 0 heterocycles. The SMILES string of the molecule is C/C=C(/C=O)C(=O)O. The zero-order valence-corrected chi connectivity index (χ0v) is 4.42. The summed E-state index contributed by atoms with van der Waals surface area (Å²) in [6.45, 7) is 1.50. The predicted molar refractivity (Wildman–Crippen MR) is 27.5 cm³/mol. The number of carbonyl (C=O) groups is 2. The Hall–Kier alpha value is -1.12. The van der Waals surface area contributed by atoms with Gasteiger partial charge in [0.2, 0.25) is 0 Å². The highest BCUT2D eigenvalue weighted by Crippen LogP contribution is 1.85. The standard InChI is InChI=1S/C5H6O3/c1-2-4(3-6)5(7)8/h2-3H,1H3,(H,7,8)/b4-2-. The van der Waals surface area contributed by atoms with E-state index < -0.39 is 5.97 Å². The molecule has 0 aliphatic heterocycles. The van der Waals surface area contributed by atoms with Gasteiger partial charge in [0.1, 0.15) is 0 Å². The molecule has 0 amide bonds. The van der Waals surface area contributed by atoms with Crippen LogP contribution in [0.15, 0.2) is 11.6 Å². The number of rotatable bonds is 2. The molecule has 0 atom stereocenters. The van der Waals surface area contributed by atoms with Gasteiger partial charge in [0.15, 0.2) is 6.29 Å². The van der Waals surface area contributed by atoms with E-state index in [0.717, 1.165) is 0 Å². The van der Waals surface area contributed by atoms with E-state index in [1.165, 1.54) is 13.0 Å². The third-order valence-corrected chi connectivity index (χ3v) is 0.685. The van der Waals surface area contributed by atoms with Crippen LogP contribution in [0.5, 0.6) is 0 Å². The molecule has 0 aliphatic carbocycles. The lowest BCUT2D eigenvalue weighted by Gasteiger charge is -1.83. The summed E-state index contributed by atoms with van der Waals surface area (Å²) in [6, 6.07) is 0. The highest BCUT2D eigenvalue weighted by Gasteiger charge is 2.00. The number of carbonyl (C=O) groups excluding carboxylic acids is 1. The second-order valence-electron chi connectivity index (χ2n) is 1.17. The Labute approximate surface area is 46.6 Å². The molecule has 0 fully saturated rings. The van der Waals surface area contributed by atoms with Crippen LogP contribution in [0.3, 0.4) is 0 Å². The normalized spacial score (nSPS) is 10.9. The van der Waals surface area contributed by atoms with Gasteiger partial charge in [0.05, 0.1) is 5.57 Å². The molecule has 44 valence electrons. The van der Waals surface area contributed by atoms with Crippen LogP contribution >= 0.6 is 0 Å². The van der Waals surface area contributed by atoms with Crippen molar-refractivity contribution in [3.8, 4) is 0 Å². The molecule has 0 rings (SSSR count). The molecule has 0 aliphatic rings. The Morgan fingerprint density at radius 3 is 2.12 bits per heavy atom. The van der Waals surface area contributed by atoms with Gasteiger partial charge >= 0.3 is 5.97 Å². The van der Waals surface area contributed by atoms with Crippen molar-refractivity contribution < 1.29 is 14.7 Å². The van der Waals surface area contributed by atoms with Crippen molar-refractivity contribution in [3.63, 3.8) is 0 Å². The third-order valence-electron chi connectivity index (χ3n) is 0.685. The first-order valence-electron chi connectivity index (χ1n) is 2.07. The maximum Gasteiger partial charge on any atom is 0.338 e. The Morgan fingerprint density at radius 1 is 1.62 bits per heavy atom. The smallest absolute Gasteiger partial charge is 0.338 e. The van der Waals surface area contributed by atoms with Gasteiger partial charge in [0.25, 0.3) is 0 Å². The molecule has 0 bridgehead atoms. The average Bonchev–Trinajstić information content (AvgIpc) is 1.69. The van der Waals surface area contributed by atoms with Crippen molar-refractivity contribution in [1.82, 2.24) is 0 Å². The van der Waals surface area contributed by atoms with Crippen LogP contribution < -0.4 is 0 Å². The molecule has 3 nitrogen and oxygen atoms in total. The van der Waals surface area contributed by atoms with Gasteiger partial charge in [-0.1, -0.05) is 6.08 Å².